The van der Waals surface area contributed by atoms with E-state index in [1.165, 1.54) is 7.11 Å². The van der Waals surface area contributed by atoms with Crippen LogP contribution in [0, 0.1) is 6.92 Å². The molecule has 1 rings (SSSR count). The maximum absolute atomic E-state index is 11.4. The molecule has 0 saturated carbocycles. The molecule has 0 aromatic heterocycles. The Kier molecular flexibility index (Phi) is 4.17. The number of carbonyl (C=O) groups excluding carboxylic acids is 1. The summed E-state index contributed by atoms with van der Waals surface area (Å²) in [5, 5.41) is 12.5. The summed E-state index contributed by atoms with van der Waals surface area (Å²) in [6.07, 6.45) is 0.626. The van der Waals surface area contributed by atoms with E-state index >= 15 is 0 Å². The zero-order valence-corrected chi connectivity index (χ0v) is 9.78. The Morgan fingerprint density at radius 1 is 1.56 bits per heavy atom. The van der Waals surface area contributed by atoms with Gasteiger partial charge in [-0.1, -0.05) is 13.0 Å². The molecule has 0 aliphatic heterocycles. The molecule has 0 fully saturated rings. The zero-order chi connectivity index (χ0) is 12.1. The van der Waals surface area contributed by atoms with Gasteiger partial charge in [0.15, 0.2) is 0 Å². The van der Waals surface area contributed by atoms with Gasteiger partial charge in [0.05, 0.1) is 7.11 Å². The molecule has 0 aliphatic rings. The molecular formula is C12H17NO3. The van der Waals surface area contributed by atoms with Crippen molar-refractivity contribution in [3.8, 4) is 5.75 Å². The lowest BCUT2D eigenvalue weighted by Gasteiger charge is -2.16. The Bertz CT molecular complexity index is 377. The first kappa shape index (κ1) is 12.4. The number of carbonyl (C=O) groups is 1. The Morgan fingerprint density at radius 3 is 2.75 bits per heavy atom. The second-order valence-corrected chi connectivity index (χ2v) is 3.63. The number of hydrogen-bond acceptors (Lipinski definition) is 4. The molecule has 0 radical (unpaired) electrons. The van der Waals surface area contributed by atoms with Crippen LogP contribution >= 0.6 is 0 Å². The third kappa shape index (κ3) is 2.89. The average molecular weight is 223 g/mol. The average Bonchev–Trinajstić information content (AvgIpc) is 2.29. The normalized spacial score (nSPS) is 11.9. The van der Waals surface area contributed by atoms with Crippen LogP contribution in [0.25, 0.3) is 0 Å². The molecule has 1 unspecified atom stereocenters. The van der Waals surface area contributed by atoms with Crippen molar-refractivity contribution in [2.24, 2.45) is 0 Å². The van der Waals surface area contributed by atoms with Crippen molar-refractivity contribution in [1.82, 2.24) is 0 Å². The van der Waals surface area contributed by atoms with E-state index in [0.29, 0.717) is 12.1 Å². The molecule has 4 heteroatoms. The van der Waals surface area contributed by atoms with E-state index in [2.05, 4.69) is 10.1 Å². The number of aryl methyl sites for hydroxylation is 1. The van der Waals surface area contributed by atoms with Crippen molar-refractivity contribution in [2.45, 2.75) is 26.3 Å². The van der Waals surface area contributed by atoms with Gasteiger partial charge in [-0.25, -0.2) is 4.79 Å². The van der Waals surface area contributed by atoms with E-state index in [1.54, 1.807) is 12.1 Å². The van der Waals surface area contributed by atoms with E-state index in [0.717, 1.165) is 5.56 Å². The van der Waals surface area contributed by atoms with Gasteiger partial charge < -0.3 is 15.2 Å². The summed E-state index contributed by atoms with van der Waals surface area (Å²) in [6.45, 7) is 3.71. The lowest BCUT2D eigenvalue weighted by atomic mass is 10.1. The number of esters is 1. The maximum Gasteiger partial charge on any atom is 0.328 e. The number of aromatic hydroxyl groups is 1. The molecule has 16 heavy (non-hydrogen) atoms. The number of nitrogens with one attached hydrogen (secondary N) is 1. The largest absolute Gasteiger partial charge is 0.508 e. The van der Waals surface area contributed by atoms with Crippen molar-refractivity contribution < 1.29 is 14.6 Å². The van der Waals surface area contributed by atoms with Crippen LogP contribution in [0.1, 0.15) is 18.9 Å². The molecule has 0 amide bonds. The van der Waals surface area contributed by atoms with Gasteiger partial charge in [-0.15, -0.1) is 0 Å². The number of benzene rings is 1. The molecule has 1 aromatic rings. The van der Waals surface area contributed by atoms with Crippen molar-refractivity contribution in [3.63, 3.8) is 0 Å². The Balaban J connectivity index is 2.78. The highest BCUT2D eigenvalue weighted by molar-refractivity contribution is 5.79. The summed E-state index contributed by atoms with van der Waals surface area (Å²) in [7, 11) is 1.36. The van der Waals surface area contributed by atoms with Crippen LogP contribution in [0.5, 0.6) is 5.75 Å². The first-order valence-electron chi connectivity index (χ1n) is 5.22. The second-order valence-electron chi connectivity index (χ2n) is 3.63. The molecule has 0 aliphatic carbocycles. The predicted molar refractivity (Wildman–Crippen MR) is 62.6 cm³/mol. The van der Waals surface area contributed by atoms with Gasteiger partial charge in [0.25, 0.3) is 0 Å². The topological polar surface area (TPSA) is 58.6 Å². The highest BCUT2D eigenvalue weighted by atomic mass is 16.5. The number of hydrogen-bond donors (Lipinski definition) is 2. The smallest absolute Gasteiger partial charge is 0.328 e. The Hall–Kier alpha value is -1.71. The molecule has 88 valence electrons. The molecule has 0 bridgehead atoms. The van der Waals surface area contributed by atoms with Crippen LogP contribution in [-0.2, 0) is 9.53 Å². The van der Waals surface area contributed by atoms with Gasteiger partial charge >= 0.3 is 5.97 Å². The first-order valence-corrected chi connectivity index (χ1v) is 5.22. The molecule has 0 saturated heterocycles. The van der Waals surface area contributed by atoms with Gasteiger partial charge in [-0.2, -0.15) is 0 Å². The summed E-state index contributed by atoms with van der Waals surface area (Å²) in [5.74, 6) is -0.0905. The minimum Gasteiger partial charge on any atom is -0.508 e. The summed E-state index contributed by atoms with van der Waals surface area (Å²) in [6, 6.07) is 4.83. The number of phenolic OH excluding ortho intramolecular Hbond substituents is 1. The van der Waals surface area contributed by atoms with Crippen LogP contribution in [-0.4, -0.2) is 24.2 Å². The number of ether oxygens (including phenoxy) is 1. The maximum atomic E-state index is 11.4. The summed E-state index contributed by atoms with van der Waals surface area (Å²) in [5.41, 5.74) is 1.51. The highest BCUT2D eigenvalue weighted by Crippen LogP contribution is 2.21. The van der Waals surface area contributed by atoms with Crippen LogP contribution < -0.4 is 5.32 Å². The van der Waals surface area contributed by atoms with Gasteiger partial charge in [-0.05, 0) is 25.0 Å². The third-order valence-electron chi connectivity index (χ3n) is 2.44. The number of rotatable bonds is 4. The fourth-order valence-corrected chi connectivity index (χ4v) is 1.37. The molecular weight excluding hydrogens is 206 g/mol. The quantitative estimate of drug-likeness (QED) is 0.767. The molecule has 1 atom stereocenters. The van der Waals surface area contributed by atoms with Gasteiger partial charge in [0.2, 0.25) is 0 Å². The van der Waals surface area contributed by atoms with E-state index in [9.17, 15) is 9.90 Å². The van der Waals surface area contributed by atoms with Gasteiger partial charge in [0, 0.05) is 11.8 Å². The zero-order valence-electron chi connectivity index (χ0n) is 9.78. The molecule has 0 spiro atoms. The number of methoxy groups -OCH3 is 1. The van der Waals surface area contributed by atoms with Crippen molar-refractivity contribution in [2.75, 3.05) is 12.4 Å². The lowest BCUT2D eigenvalue weighted by Crippen LogP contribution is -2.29. The summed E-state index contributed by atoms with van der Waals surface area (Å²) in [4.78, 5) is 11.4. The molecule has 2 N–H and O–H groups in total. The first-order chi connectivity index (χ1) is 7.58. The van der Waals surface area contributed by atoms with Crippen molar-refractivity contribution in [3.05, 3.63) is 23.8 Å². The van der Waals surface area contributed by atoms with E-state index < -0.39 is 0 Å². The van der Waals surface area contributed by atoms with Crippen LogP contribution in [0.4, 0.5) is 5.69 Å². The highest BCUT2D eigenvalue weighted by Gasteiger charge is 2.16. The summed E-state index contributed by atoms with van der Waals surface area (Å²) >= 11 is 0. The fourth-order valence-electron chi connectivity index (χ4n) is 1.37. The molecule has 0 heterocycles. The fraction of sp³-hybridized carbons (Fsp3) is 0.417. The minimum atomic E-state index is -0.382. The predicted octanol–water partition coefficient (Wildman–Crippen LogP) is 2.06. The number of anilines is 1. The van der Waals surface area contributed by atoms with E-state index in [4.69, 9.17) is 0 Å². The Labute approximate surface area is 95.2 Å². The monoisotopic (exact) mass is 223 g/mol. The summed E-state index contributed by atoms with van der Waals surface area (Å²) < 4.78 is 4.67. The van der Waals surface area contributed by atoms with E-state index in [-0.39, 0.29) is 17.8 Å². The molecule has 1 aromatic carbocycles. The van der Waals surface area contributed by atoms with Crippen molar-refractivity contribution in [1.29, 1.82) is 0 Å². The van der Waals surface area contributed by atoms with Gasteiger partial charge in [0.1, 0.15) is 11.8 Å². The van der Waals surface area contributed by atoms with Crippen LogP contribution in [0.2, 0.25) is 0 Å². The van der Waals surface area contributed by atoms with Crippen LogP contribution in [0.15, 0.2) is 18.2 Å². The SMILES string of the molecule is CCC(Nc1ccc(C)c(O)c1)C(=O)OC. The van der Waals surface area contributed by atoms with Gasteiger partial charge in [-0.3, -0.25) is 0 Å². The minimum absolute atomic E-state index is 0.213. The lowest BCUT2D eigenvalue weighted by molar-refractivity contribution is -0.141. The van der Waals surface area contributed by atoms with Crippen molar-refractivity contribution >= 4 is 11.7 Å². The third-order valence-corrected chi connectivity index (χ3v) is 2.44. The second kappa shape index (κ2) is 5.39. The van der Waals surface area contributed by atoms with Crippen LogP contribution in [0.3, 0.4) is 0 Å². The standard InChI is InChI=1S/C12H17NO3/c1-4-10(12(15)16-3)13-9-6-5-8(2)11(14)7-9/h5-7,10,13-14H,4H2,1-3H3. The molecule has 4 nitrogen and oxygen atoms in total. The van der Waals surface area contributed by atoms with E-state index in [1.807, 2.05) is 19.9 Å². The number of phenols is 1. The Morgan fingerprint density at radius 2 is 2.25 bits per heavy atom.